The molecule has 0 radical (unpaired) electrons. The maximum Gasteiger partial charge on any atom is 0.265 e. The Kier molecular flexibility index (Phi) is 5.12. The molecule has 144 valence electrons. The molecule has 1 heterocycles. The normalized spacial score (nSPS) is 15.3. The van der Waals surface area contributed by atoms with Crippen molar-refractivity contribution >= 4 is 29.3 Å². The number of nitrogens with one attached hydrogen (secondary N) is 2. The van der Waals surface area contributed by atoms with E-state index in [0.29, 0.717) is 17.1 Å². The fraction of sp³-hybridized carbons (Fsp3) is 0.0833. The van der Waals surface area contributed by atoms with Crippen LogP contribution in [0.3, 0.4) is 0 Å². The van der Waals surface area contributed by atoms with Crippen LogP contribution in [0.1, 0.15) is 12.5 Å². The summed E-state index contributed by atoms with van der Waals surface area (Å²) in [6.45, 7) is 1.69. The van der Waals surface area contributed by atoms with Gasteiger partial charge in [-0.3, -0.25) is 9.59 Å². The first-order valence-corrected chi connectivity index (χ1v) is 9.34. The lowest BCUT2D eigenvalue weighted by molar-refractivity contribution is -0.122. The van der Waals surface area contributed by atoms with Gasteiger partial charge in [0.15, 0.2) is 6.10 Å². The molecular weight excluding hydrogens is 364 g/mol. The summed E-state index contributed by atoms with van der Waals surface area (Å²) < 4.78 is 5.51. The van der Waals surface area contributed by atoms with E-state index in [2.05, 4.69) is 22.8 Å². The molecule has 5 heteroatoms. The Hall–Kier alpha value is -3.86. The number of ether oxygens (including phenoxy) is 1. The van der Waals surface area contributed by atoms with Crippen LogP contribution in [0.15, 0.2) is 78.9 Å². The summed E-state index contributed by atoms with van der Waals surface area (Å²) in [7, 11) is 0. The highest BCUT2D eigenvalue weighted by Crippen LogP contribution is 2.32. The minimum atomic E-state index is -0.529. The predicted molar refractivity (Wildman–Crippen MR) is 115 cm³/mol. The van der Waals surface area contributed by atoms with Gasteiger partial charge in [0.1, 0.15) is 5.75 Å². The minimum absolute atomic E-state index is 0.208. The average molecular weight is 384 g/mol. The SMILES string of the molecule is CC1Oc2ccc(NC(=O)/C=C/c3ccc(-c4ccccc4)cc3)cc2NC1=O. The lowest BCUT2D eigenvalue weighted by atomic mass is 10.0. The zero-order valence-electron chi connectivity index (χ0n) is 15.9. The maximum absolute atomic E-state index is 12.2. The van der Waals surface area contributed by atoms with Crippen LogP contribution in [0, 0.1) is 0 Å². The van der Waals surface area contributed by atoms with Crippen LogP contribution in [-0.4, -0.2) is 17.9 Å². The first kappa shape index (κ1) is 18.5. The Balaban J connectivity index is 1.40. The fourth-order valence-corrected chi connectivity index (χ4v) is 3.06. The number of rotatable bonds is 4. The lowest BCUT2D eigenvalue weighted by Crippen LogP contribution is -2.34. The Morgan fingerprint density at radius 2 is 1.72 bits per heavy atom. The van der Waals surface area contributed by atoms with Crippen molar-refractivity contribution in [3.8, 4) is 16.9 Å². The molecule has 29 heavy (non-hydrogen) atoms. The largest absolute Gasteiger partial charge is 0.479 e. The van der Waals surface area contributed by atoms with Gasteiger partial charge in [0.05, 0.1) is 5.69 Å². The van der Waals surface area contributed by atoms with E-state index in [1.54, 1.807) is 31.2 Å². The fourth-order valence-electron chi connectivity index (χ4n) is 3.06. The average Bonchev–Trinajstić information content (AvgIpc) is 2.74. The van der Waals surface area contributed by atoms with E-state index < -0.39 is 6.10 Å². The zero-order chi connectivity index (χ0) is 20.2. The van der Waals surface area contributed by atoms with E-state index in [1.807, 2.05) is 42.5 Å². The summed E-state index contributed by atoms with van der Waals surface area (Å²) in [6, 6.07) is 23.3. The highest BCUT2D eigenvalue weighted by molar-refractivity contribution is 6.03. The number of hydrogen-bond acceptors (Lipinski definition) is 3. The van der Waals surface area contributed by atoms with E-state index in [0.717, 1.165) is 16.7 Å². The Bertz CT molecular complexity index is 1070. The second kappa shape index (κ2) is 8.02. The number of anilines is 2. The van der Waals surface area contributed by atoms with Crippen molar-refractivity contribution in [2.24, 2.45) is 0 Å². The quantitative estimate of drug-likeness (QED) is 0.640. The van der Waals surface area contributed by atoms with Gasteiger partial charge >= 0.3 is 0 Å². The Labute approximate surface area is 169 Å². The molecule has 0 aliphatic carbocycles. The molecule has 3 aromatic carbocycles. The summed E-state index contributed by atoms with van der Waals surface area (Å²) in [5.74, 6) is 0.123. The number of fused-ring (bicyclic) bond motifs is 1. The Morgan fingerprint density at radius 3 is 2.48 bits per heavy atom. The van der Waals surface area contributed by atoms with Crippen molar-refractivity contribution < 1.29 is 14.3 Å². The van der Waals surface area contributed by atoms with Crippen molar-refractivity contribution in [2.75, 3.05) is 10.6 Å². The molecule has 0 aromatic heterocycles. The van der Waals surface area contributed by atoms with Crippen LogP contribution in [0.5, 0.6) is 5.75 Å². The van der Waals surface area contributed by atoms with E-state index >= 15 is 0 Å². The number of benzene rings is 3. The van der Waals surface area contributed by atoms with Crippen molar-refractivity contribution in [1.29, 1.82) is 0 Å². The molecule has 2 N–H and O–H groups in total. The van der Waals surface area contributed by atoms with Gasteiger partial charge in [-0.2, -0.15) is 0 Å². The first-order chi connectivity index (χ1) is 14.1. The topological polar surface area (TPSA) is 67.4 Å². The van der Waals surface area contributed by atoms with E-state index in [9.17, 15) is 9.59 Å². The predicted octanol–water partition coefficient (Wildman–Crippen LogP) is 4.72. The van der Waals surface area contributed by atoms with Crippen molar-refractivity contribution in [3.05, 3.63) is 84.4 Å². The molecule has 0 fully saturated rings. The van der Waals surface area contributed by atoms with Gasteiger partial charge in [-0.1, -0.05) is 54.6 Å². The third-order valence-corrected chi connectivity index (χ3v) is 4.62. The van der Waals surface area contributed by atoms with Gasteiger partial charge in [-0.05, 0) is 47.9 Å². The van der Waals surface area contributed by atoms with Crippen molar-refractivity contribution in [2.45, 2.75) is 13.0 Å². The van der Waals surface area contributed by atoms with Crippen LogP contribution >= 0.6 is 0 Å². The number of carbonyl (C=O) groups is 2. The molecule has 5 nitrogen and oxygen atoms in total. The molecule has 0 saturated carbocycles. The van der Waals surface area contributed by atoms with E-state index in [1.165, 1.54) is 6.08 Å². The molecule has 0 saturated heterocycles. The maximum atomic E-state index is 12.2. The molecule has 1 aliphatic rings. The molecule has 3 aromatic rings. The summed E-state index contributed by atoms with van der Waals surface area (Å²) in [5.41, 5.74) is 4.33. The third-order valence-electron chi connectivity index (χ3n) is 4.62. The Morgan fingerprint density at radius 1 is 1.00 bits per heavy atom. The smallest absolute Gasteiger partial charge is 0.265 e. The summed E-state index contributed by atoms with van der Waals surface area (Å²) in [6.07, 6.45) is 2.71. The molecule has 1 atom stereocenters. The number of hydrogen-bond donors (Lipinski definition) is 2. The second-order valence-electron chi connectivity index (χ2n) is 6.77. The molecular formula is C24H20N2O3. The second-order valence-corrected chi connectivity index (χ2v) is 6.77. The van der Waals surface area contributed by atoms with Crippen LogP contribution in [0.2, 0.25) is 0 Å². The van der Waals surface area contributed by atoms with Crippen molar-refractivity contribution in [1.82, 2.24) is 0 Å². The van der Waals surface area contributed by atoms with Gasteiger partial charge in [0, 0.05) is 11.8 Å². The lowest BCUT2D eigenvalue weighted by Gasteiger charge is -2.23. The van der Waals surface area contributed by atoms with Gasteiger partial charge in [-0.15, -0.1) is 0 Å². The molecule has 2 amide bonds. The van der Waals surface area contributed by atoms with E-state index in [4.69, 9.17) is 4.74 Å². The zero-order valence-corrected chi connectivity index (χ0v) is 15.9. The van der Waals surface area contributed by atoms with Gasteiger partial charge in [0.2, 0.25) is 5.91 Å². The summed E-state index contributed by atoms with van der Waals surface area (Å²) in [5, 5.41) is 5.56. The van der Waals surface area contributed by atoms with Crippen molar-refractivity contribution in [3.63, 3.8) is 0 Å². The van der Waals surface area contributed by atoms with Gasteiger partial charge < -0.3 is 15.4 Å². The molecule has 0 bridgehead atoms. The molecule has 1 aliphatic heterocycles. The molecule has 0 spiro atoms. The van der Waals surface area contributed by atoms with Gasteiger partial charge in [-0.25, -0.2) is 0 Å². The monoisotopic (exact) mass is 384 g/mol. The van der Waals surface area contributed by atoms with Crippen LogP contribution in [0.25, 0.3) is 17.2 Å². The first-order valence-electron chi connectivity index (χ1n) is 9.34. The van der Waals surface area contributed by atoms with E-state index in [-0.39, 0.29) is 11.8 Å². The number of amides is 2. The summed E-state index contributed by atoms with van der Waals surface area (Å²) in [4.78, 5) is 24.0. The molecule has 1 unspecified atom stereocenters. The number of carbonyl (C=O) groups excluding carboxylic acids is 2. The molecule has 4 rings (SSSR count). The van der Waals surface area contributed by atoms with Crippen LogP contribution in [-0.2, 0) is 9.59 Å². The summed E-state index contributed by atoms with van der Waals surface area (Å²) >= 11 is 0. The highest BCUT2D eigenvalue weighted by Gasteiger charge is 2.23. The standard InChI is InChI=1S/C24H20N2O3/c1-16-24(28)26-21-15-20(12-13-22(21)29-16)25-23(27)14-9-17-7-10-19(11-8-17)18-5-3-2-4-6-18/h2-16H,1H3,(H,25,27)(H,26,28)/b14-9+. The van der Waals surface area contributed by atoms with Gasteiger partial charge in [0.25, 0.3) is 5.91 Å². The third kappa shape index (κ3) is 4.35. The highest BCUT2D eigenvalue weighted by atomic mass is 16.5. The minimum Gasteiger partial charge on any atom is -0.479 e. The van der Waals surface area contributed by atoms with Crippen LogP contribution in [0.4, 0.5) is 11.4 Å². The van der Waals surface area contributed by atoms with Crippen LogP contribution < -0.4 is 15.4 Å².